The molecule has 0 saturated carbocycles. The SMILES string of the molecule is CN(CCCn1cccn1)Cc1ccc2n(c1=O)C[C@H]1C[C@@H]2CN(CC(=O)O)C1. The summed E-state index contributed by atoms with van der Waals surface area (Å²) in [6.07, 6.45) is 5.77. The number of carboxylic acid groups (broad SMARTS) is 1. The van der Waals surface area contributed by atoms with Crippen LogP contribution in [-0.4, -0.2) is 68.4 Å². The average Bonchev–Trinajstić information content (AvgIpc) is 3.17. The molecule has 0 aliphatic carbocycles. The highest BCUT2D eigenvalue weighted by Gasteiger charge is 2.35. The monoisotopic (exact) mass is 399 g/mol. The Labute approximate surface area is 170 Å². The Hall–Kier alpha value is -2.45. The molecular formula is C21H29N5O3. The highest BCUT2D eigenvalue weighted by molar-refractivity contribution is 5.69. The van der Waals surface area contributed by atoms with Gasteiger partial charge in [0.15, 0.2) is 0 Å². The summed E-state index contributed by atoms with van der Waals surface area (Å²) in [4.78, 5) is 28.4. The Bertz CT molecular complexity index is 908. The lowest BCUT2D eigenvalue weighted by Gasteiger charge is -2.42. The Morgan fingerprint density at radius 3 is 2.93 bits per heavy atom. The van der Waals surface area contributed by atoms with Gasteiger partial charge in [-0.3, -0.25) is 19.2 Å². The van der Waals surface area contributed by atoms with Crippen molar-refractivity contribution in [2.45, 2.75) is 38.4 Å². The number of piperidine rings is 1. The topological polar surface area (TPSA) is 83.6 Å². The molecular weight excluding hydrogens is 370 g/mol. The summed E-state index contributed by atoms with van der Waals surface area (Å²) >= 11 is 0. The summed E-state index contributed by atoms with van der Waals surface area (Å²) in [6, 6.07) is 5.97. The van der Waals surface area contributed by atoms with E-state index >= 15 is 0 Å². The van der Waals surface area contributed by atoms with Crippen LogP contribution in [0.2, 0.25) is 0 Å². The van der Waals surface area contributed by atoms with E-state index in [0.717, 1.165) is 50.3 Å². The molecule has 2 aliphatic rings. The van der Waals surface area contributed by atoms with Crippen molar-refractivity contribution in [3.63, 3.8) is 0 Å². The molecule has 29 heavy (non-hydrogen) atoms. The van der Waals surface area contributed by atoms with Crippen LogP contribution in [0.3, 0.4) is 0 Å². The second-order valence-electron chi connectivity index (χ2n) is 8.45. The maximum atomic E-state index is 13.1. The zero-order valence-corrected chi connectivity index (χ0v) is 16.9. The van der Waals surface area contributed by atoms with Crippen LogP contribution in [-0.2, 0) is 24.4 Å². The summed E-state index contributed by atoms with van der Waals surface area (Å²) in [5.74, 6) is -0.191. The van der Waals surface area contributed by atoms with Gasteiger partial charge < -0.3 is 14.6 Å². The number of aromatic nitrogens is 3. The van der Waals surface area contributed by atoms with Crippen molar-refractivity contribution in [3.8, 4) is 0 Å². The number of pyridine rings is 1. The number of fused-ring (bicyclic) bond motifs is 4. The number of carbonyl (C=O) groups is 1. The third kappa shape index (κ3) is 4.59. The second-order valence-corrected chi connectivity index (χ2v) is 8.45. The smallest absolute Gasteiger partial charge is 0.317 e. The van der Waals surface area contributed by atoms with Gasteiger partial charge in [-0.1, -0.05) is 6.07 Å². The molecule has 2 aliphatic heterocycles. The van der Waals surface area contributed by atoms with E-state index < -0.39 is 5.97 Å². The summed E-state index contributed by atoms with van der Waals surface area (Å²) < 4.78 is 3.87. The van der Waals surface area contributed by atoms with Crippen LogP contribution in [0.5, 0.6) is 0 Å². The van der Waals surface area contributed by atoms with Crippen LogP contribution in [0.15, 0.2) is 35.4 Å². The van der Waals surface area contributed by atoms with Crippen LogP contribution >= 0.6 is 0 Å². The summed E-state index contributed by atoms with van der Waals surface area (Å²) in [6.45, 7) is 4.66. The molecule has 0 aromatic carbocycles. The highest BCUT2D eigenvalue weighted by Crippen LogP contribution is 2.35. The Balaban J connectivity index is 1.40. The first-order valence-corrected chi connectivity index (χ1v) is 10.3. The van der Waals surface area contributed by atoms with Crippen molar-refractivity contribution in [2.75, 3.05) is 33.2 Å². The number of hydrogen-bond donors (Lipinski definition) is 1. The van der Waals surface area contributed by atoms with Crippen molar-refractivity contribution in [3.05, 3.63) is 52.2 Å². The zero-order valence-electron chi connectivity index (χ0n) is 16.9. The molecule has 8 heteroatoms. The average molecular weight is 399 g/mol. The lowest BCUT2D eigenvalue weighted by atomic mass is 9.83. The van der Waals surface area contributed by atoms with Crippen molar-refractivity contribution in [1.82, 2.24) is 24.1 Å². The van der Waals surface area contributed by atoms with Gasteiger partial charge in [0.2, 0.25) is 0 Å². The number of aliphatic carboxylic acids is 1. The molecule has 4 heterocycles. The van der Waals surface area contributed by atoms with Gasteiger partial charge in [-0.2, -0.15) is 5.10 Å². The second kappa shape index (κ2) is 8.51. The van der Waals surface area contributed by atoms with Crippen LogP contribution in [0, 0.1) is 5.92 Å². The molecule has 2 aromatic heterocycles. The molecule has 1 N–H and O–H groups in total. The maximum absolute atomic E-state index is 13.1. The normalized spacial score (nSPS) is 21.3. The van der Waals surface area contributed by atoms with Crippen LogP contribution in [0.4, 0.5) is 0 Å². The fraction of sp³-hybridized carbons (Fsp3) is 0.571. The minimum Gasteiger partial charge on any atom is -0.480 e. The van der Waals surface area contributed by atoms with Gasteiger partial charge >= 0.3 is 5.97 Å². The molecule has 2 bridgehead atoms. The van der Waals surface area contributed by atoms with Crippen molar-refractivity contribution < 1.29 is 9.90 Å². The number of hydrogen-bond acceptors (Lipinski definition) is 5. The first-order chi connectivity index (χ1) is 14.0. The number of aryl methyl sites for hydroxylation is 1. The Kier molecular flexibility index (Phi) is 5.82. The number of carboxylic acids is 1. The fourth-order valence-corrected chi connectivity index (χ4v) is 4.84. The van der Waals surface area contributed by atoms with Gasteiger partial charge in [0, 0.05) is 62.3 Å². The molecule has 0 unspecified atom stereocenters. The van der Waals surface area contributed by atoms with Gasteiger partial charge in [-0.05, 0) is 44.5 Å². The van der Waals surface area contributed by atoms with Crippen molar-refractivity contribution >= 4 is 5.97 Å². The van der Waals surface area contributed by atoms with Gasteiger partial charge in [-0.25, -0.2) is 0 Å². The van der Waals surface area contributed by atoms with E-state index in [1.165, 1.54) is 0 Å². The van der Waals surface area contributed by atoms with E-state index in [4.69, 9.17) is 5.11 Å². The van der Waals surface area contributed by atoms with Crippen molar-refractivity contribution in [2.24, 2.45) is 5.92 Å². The summed E-state index contributed by atoms with van der Waals surface area (Å²) in [5, 5.41) is 13.3. The van der Waals surface area contributed by atoms with Crippen molar-refractivity contribution in [1.29, 1.82) is 0 Å². The first-order valence-electron chi connectivity index (χ1n) is 10.3. The molecule has 1 fully saturated rings. The van der Waals surface area contributed by atoms with Gasteiger partial charge in [0.1, 0.15) is 0 Å². The maximum Gasteiger partial charge on any atom is 0.317 e. The molecule has 0 radical (unpaired) electrons. The Morgan fingerprint density at radius 1 is 1.31 bits per heavy atom. The van der Waals surface area contributed by atoms with Crippen LogP contribution in [0.1, 0.15) is 30.0 Å². The van der Waals surface area contributed by atoms with E-state index in [-0.39, 0.29) is 18.0 Å². The lowest BCUT2D eigenvalue weighted by Crippen LogP contribution is -2.48. The van der Waals surface area contributed by atoms with E-state index in [0.29, 0.717) is 19.0 Å². The van der Waals surface area contributed by atoms with Crippen LogP contribution in [0.25, 0.3) is 0 Å². The molecule has 0 amide bonds. The number of rotatable bonds is 8. The van der Waals surface area contributed by atoms with E-state index in [1.807, 2.05) is 39.5 Å². The molecule has 2 aromatic rings. The lowest BCUT2D eigenvalue weighted by molar-refractivity contribution is -0.139. The summed E-state index contributed by atoms with van der Waals surface area (Å²) in [5.41, 5.74) is 2.01. The minimum atomic E-state index is -0.784. The van der Waals surface area contributed by atoms with Crippen LogP contribution < -0.4 is 5.56 Å². The molecule has 0 spiro atoms. The van der Waals surface area contributed by atoms with Gasteiger partial charge in [0.25, 0.3) is 5.56 Å². The first kappa shape index (κ1) is 19.8. The quantitative estimate of drug-likeness (QED) is 0.715. The minimum absolute atomic E-state index is 0.0820. The highest BCUT2D eigenvalue weighted by atomic mass is 16.4. The molecule has 4 rings (SSSR count). The predicted octanol–water partition coefficient (Wildman–Crippen LogP) is 1.07. The third-order valence-corrected chi connectivity index (χ3v) is 6.04. The van der Waals surface area contributed by atoms with Gasteiger partial charge in [0.05, 0.1) is 6.54 Å². The van der Waals surface area contributed by atoms with E-state index in [2.05, 4.69) is 16.1 Å². The molecule has 156 valence electrons. The largest absolute Gasteiger partial charge is 0.480 e. The number of likely N-dealkylation sites (tertiary alicyclic amines) is 1. The molecule has 2 atom stereocenters. The van der Waals surface area contributed by atoms with E-state index in [1.54, 1.807) is 6.20 Å². The summed E-state index contributed by atoms with van der Waals surface area (Å²) in [7, 11) is 2.05. The molecule has 1 saturated heterocycles. The van der Waals surface area contributed by atoms with Gasteiger partial charge in [-0.15, -0.1) is 0 Å². The zero-order chi connectivity index (χ0) is 20.4. The standard InChI is InChI=1S/C21H29N5O3/c1-23(7-3-9-25-8-2-6-22-25)13-17-4-5-19-18-10-16(12-26(19)21(17)29)11-24(14-18)15-20(27)28/h2,4-6,8,16,18H,3,7,9-15H2,1H3,(H,27,28)/t16-,18+/m0/s1. The fourth-order valence-electron chi connectivity index (χ4n) is 4.84. The third-order valence-electron chi connectivity index (χ3n) is 6.04. The number of nitrogens with zero attached hydrogens (tertiary/aromatic N) is 5. The molecule has 8 nitrogen and oxygen atoms in total. The Morgan fingerprint density at radius 2 is 2.17 bits per heavy atom. The predicted molar refractivity (Wildman–Crippen MR) is 109 cm³/mol. The van der Waals surface area contributed by atoms with E-state index in [9.17, 15) is 9.59 Å².